The van der Waals surface area contributed by atoms with Crippen LogP contribution in [0.25, 0.3) is 6.08 Å². The highest BCUT2D eigenvalue weighted by atomic mass is 16.5. The molecule has 2 aromatic carbocycles. The van der Waals surface area contributed by atoms with E-state index in [4.69, 9.17) is 9.84 Å². The highest BCUT2D eigenvalue weighted by Gasteiger charge is 2.34. The number of methoxy groups -OCH3 is 1. The minimum Gasteiger partial charge on any atom is -0.504 e. The first-order valence-electron chi connectivity index (χ1n) is 7.61. The van der Waals surface area contributed by atoms with Crippen molar-refractivity contribution in [2.75, 3.05) is 12.1 Å². The molecule has 26 heavy (non-hydrogen) atoms. The van der Waals surface area contributed by atoms with Gasteiger partial charge in [-0.3, -0.25) is 4.79 Å². The number of benzene rings is 2. The van der Waals surface area contributed by atoms with Crippen molar-refractivity contribution in [3.05, 3.63) is 59.2 Å². The van der Waals surface area contributed by atoms with Gasteiger partial charge in [0, 0.05) is 0 Å². The van der Waals surface area contributed by atoms with Gasteiger partial charge in [0.1, 0.15) is 0 Å². The molecule has 3 rings (SSSR count). The predicted molar refractivity (Wildman–Crippen MR) is 92.7 cm³/mol. The summed E-state index contributed by atoms with van der Waals surface area (Å²) >= 11 is 0. The van der Waals surface area contributed by atoms with Gasteiger partial charge in [-0.1, -0.05) is 12.1 Å². The lowest BCUT2D eigenvalue weighted by molar-refractivity contribution is -0.114. The van der Waals surface area contributed by atoms with Crippen LogP contribution in [0.4, 0.5) is 5.69 Å². The van der Waals surface area contributed by atoms with Gasteiger partial charge < -0.3 is 20.1 Å². The number of carbonyl (C=O) groups is 2. The van der Waals surface area contributed by atoms with Crippen LogP contribution < -0.4 is 15.2 Å². The fourth-order valence-corrected chi connectivity index (χ4v) is 2.57. The van der Waals surface area contributed by atoms with Crippen molar-refractivity contribution in [1.29, 1.82) is 0 Å². The second kappa shape index (κ2) is 6.87. The molecule has 1 atom stereocenters. The van der Waals surface area contributed by atoms with Gasteiger partial charge in [-0.2, -0.15) is 5.43 Å². The molecule has 134 valence electrons. The Kier molecular flexibility index (Phi) is 4.61. The van der Waals surface area contributed by atoms with Crippen LogP contribution in [0.15, 0.2) is 48.0 Å². The van der Waals surface area contributed by atoms with E-state index in [2.05, 4.69) is 5.43 Å². The number of rotatable bonds is 4. The number of anilines is 1. The quantitative estimate of drug-likeness (QED) is 0.611. The van der Waals surface area contributed by atoms with Gasteiger partial charge in [0.05, 0.1) is 23.9 Å². The molecule has 1 heterocycles. The Bertz CT molecular complexity index is 908. The Morgan fingerprint density at radius 1 is 1.27 bits per heavy atom. The molecule has 0 aromatic heterocycles. The molecule has 0 aliphatic carbocycles. The molecule has 1 aliphatic heterocycles. The maximum absolute atomic E-state index is 12.6. The first kappa shape index (κ1) is 17.5. The highest BCUT2D eigenvalue weighted by Crippen LogP contribution is 2.29. The lowest BCUT2D eigenvalue weighted by atomic mass is 10.1. The number of carboxylic acid groups (broad SMARTS) is 1. The number of nitrogens with zero attached hydrogens (tertiary/aromatic N) is 1. The van der Waals surface area contributed by atoms with Crippen LogP contribution >= 0.6 is 0 Å². The number of amides is 1. The monoisotopic (exact) mass is 356 g/mol. The molecule has 8 heteroatoms. The molecule has 0 bridgehead atoms. The normalized spacial score (nSPS) is 18.4. The Labute approximate surface area is 148 Å². The van der Waals surface area contributed by atoms with Crippen LogP contribution in [0.3, 0.4) is 0 Å². The maximum Gasteiger partial charge on any atom is 0.335 e. The van der Waals surface area contributed by atoms with E-state index >= 15 is 0 Å². The zero-order valence-electron chi connectivity index (χ0n) is 13.7. The van der Waals surface area contributed by atoms with Crippen molar-refractivity contribution in [2.24, 2.45) is 0 Å². The van der Waals surface area contributed by atoms with Gasteiger partial charge in [-0.25, -0.2) is 9.80 Å². The first-order chi connectivity index (χ1) is 12.4. The summed E-state index contributed by atoms with van der Waals surface area (Å²) in [5.41, 5.74) is 3.52. The fourth-order valence-electron chi connectivity index (χ4n) is 2.57. The third-order valence-corrected chi connectivity index (χ3v) is 3.87. The number of hydrazine groups is 1. The van der Waals surface area contributed by atoms with E-state index < -0.39 is 18.1 Å². The topological polar surface area (TPSA) is 119 Å². The smallest absolute Gasteiger partial charge is 0.335 e. The molecule has 8 nitrogen and oxygen atoms in total. The van der Waals surface area contributed by atoms with E-state index in [-0.39, 0.29) is 22.6 Å². The summed E-state index contributed by atoms with van der Waals surface area (Å²) in [6.07, 6.45) is 0.194. The molecule has 1 fully saturated rings. The van der Waals surface area contributed by atoms with Crippen LogP contribution in [-0.2, 0) is 4.79 Å². The van der Waals surface area contributed by atoms with Gasteiger partial charge in [0.2, 0.25) is 0 Å². The SMILES string of the molecule is COc1cc(/C=C2\C(=O)N(c3cccc(C(=O)O)c3)NC2O)ccc1O. The number of carbonyl (C=O) groups excluding carboxylic acids is 1. The number of ether oxygens (including phenoxy) is 1. The highest BCUT2D eigenvalue weighted by molar-refractivity contribution is 6.11. The molecule has 2 aromatic rings. The van der Waals surface area contributed by atoms with Crippen molar-refractivity contribution in [2.45, 2.75) is 6.23 Å². The lowest BCUT2D eigenvalue weighted by Gasteiger charge is -2.16. The van der Waals surface area contributed by atoms with Gasteiger partial charge in [-0.05, 0) is 42.0 Å². The van der Waals surface area contributed by atoms with E-state index in [0.717, 1.165) is 5.01 Å². The van der Waals surface area contributed by atoms with Gasteiger partial charge in [0.15, 0.2) is 17.7 Å². The number of nitrogens with one attached hydrogen (secondary N) is 1. The molecule has 1 saturated heterocycles. The van der Waals surface area contributed by atoms with Crippen LogP contribution in [0.5, 0.6) is 11.5 Å². The molecule has 0 spiro atoms. The first-order valence-corrected chi connectivity index (χ1v) is 7.61. The number of carboxylic acids is 1. The van der Waals surface area contributed by atoms with Crippen molar-refractivity contribution in [1.82, 2.24) is 5.43 Å². The van der Waals surface area contributed by atoms with E-state index in [1.165, 1.54) is 43.5 Å². The molecule has 1 aliphatic rings. The zero-order chi connectivity index (χ0) is 18.8. The van der Waals surface area contributed by atoms with Gasteiger partial charge in [-0.15, -0.1) is 0 Å². The van der Waals surface area contributed by atoms with Crippen molar-refractivity contribution in [3.63, 3.8) is 0 Å². The van der Waals surface area contributed by atoms with Crippen molar-refractivity contribution >= 4 is 23.6 Å². The third kappa shape index (κ3) is 3.23. The second-order valence-corrected chi connectivity index (χ2v) is 5.56. The van der Waals surface area contributed by atoms with Crippen LogP contribution in [0.2, 0.25) is 0 Å². The maximum atomic E-state index is 12.6. The Hall–Kier alpha value is -3.36. The summed E-state index contributed by atoms with van der Waals surface area (Å²) in [6.45, 7) is 0. The summed E-state index contributed by atoms with van der Waals surface area (Å²) < 4.78 is 5.02. The van der Waals surface area contributed by atoms with Gasteiger partial charge in [0.25, 0.3) is 5.91 Å². The minimum atomic E-state index is -1.27. The summed E-state index contributed by atoms with van der Waals surface area (Å²) in [4.78, 5) is 23.7. The molecule has 1 amide bonds. The summed E-state index contributed by atoms with van der Waals surface area (Å²) in [5.74, 6) is -1.45. The molecule has 4 N–H and O–H groups in total. The van der Waals surface area contributed by atoms with Crippen molar-refractivity contribution < 1.29 is 29.6 Å². The second-order valence-electron chi connectivity index (χ2n) is 5.56. The predicted octanol–water partition coefficient (Wildman–Crippen LogP) is 1.35. The fraction of sp³-hybridized carbons (Fsp3) is 0.111. The number of hydrogen-bond donors (Lipinski definition) is 4. The Morgan fingerprint density at radius 2 is 2.04 bits per heavy atom. The zero-order valence-corrected chi connectivity index (χ0v) is 13.7. The molecular weight excluding hydrogens is 340 g/mol. The standard InChI is InChI=1S/C18H16N2O6/c1-26-15-8-10(5-6-14(15)21)7-13-16(22)19-20(17(13)23)12-4-2-3-11(9-12)18(24)25/h2-9,16,19,21-22H,1H3,(H,24,25)/b13-7-. The number of aromatic hydroxyl groups is 1. The number of hydrogen-bond acceptors (Lipinski definition) is 6. The van der Waals surface area contributed by atoms with Gasteiger partial charge >= 0.3 is 5.97 Å². The number of aromatic carboxylic acids is 1. The third-order valence-electron chi connectivity index (χ3n) is 3.87. The van der Waals surface area contributed by atoms with E-state index in [0.29, 0.717) is 11.3 Å². The van der Waals surface area contributed by atoms with Crippen LogP contribution in [-0.4, -0.2) is 40.5 Å². The largest absolute Gasteiger partial charge is 0.504 e. The van der Waals surface area contributed by atoms with Crippen molar-refractivity contribution in [3.8, 4) is 11.5 Å². The Morgan fingerprint density at radius 3 is 2.73 bits per heavy atom. The van der Waals surface area contributed by atoms with Crippen LogP contribution in [0.1, 0.15) is 15.9 Å². The summed E-state index contributed by atoms with van der Waals surface area (Å²) in [7, 11) is 1.40. The number of aliphatic hydroxyl groups excluding tert-OH is 1. The number of phenolic OH excluding ortho intramolecular Hbond substituents is 1. The lowest BCUT2D eigenvalue weighted by Crippen LogP contribution is -2.37. The van der Waals surface area contributed by atoms with E-state index in [1.807, 2.05) is 0 Å². The van der Waals surface area contributed by atoms with Crippen LogP contribution in [0, 0.1) is 0 Å². The summed E-state index contributed by atoms with van der Waals surface area (Å²) in [6, 6.07) is 10.3. The average Bonchev–Trinajstić information content (AvgIpc) is 2.91. The molecule has 1 unspecified atom stereocenters. The minimum absolute atomic E-state index is 0.0206. The van der Waals surface area contributed by atoms with E-state index in [9.17, 15) is 19.8 Å². The number of phenols is 1. The Balaban J connectivity index is 1.93. The molecule has 0 radical (unpaired) electrons. The average molecular weight is 356 g/mol. The molecular formula is C18H16N2O6. The molecule has 0 saturated carbocycles. The van der Waals surface area contributed by atoms with E-state index in [1.54, 1.807) is 12.1 Å². The number of aliphatic hydroxyl groups is 1. The summed E-state index contributed by atoms with van der Waals surface area (Å²) in [5, 5.41) is 30.0.